The van der Waals surface area contributed by atoms with Gasteiger partial charge in [0.05, 0.1) is 6.61 Å². The van der Waals surface area contributed by atoms with E-state index < -0.39 is 0 Å². The molecule has 1 aliphatic rings. The van der Waals surface area contributed by atoms with E-state index in [0.717, 1.165) is 17.0 Å². The van der Waals surface area contributed by atoms with Crippen molar-refractivity contribution in [2.45, 2.75) is 33.2 Å². The number of rotatable bonds is 7. The molecule has 7 nitrogen and oxygen atoms in total. The summed E-state index contributed by atoms with van der Waals surface area (Å²) in [7, 11) is 0. The SMILES string of the molecule is CC1=N\C=C(\C(=O)NC(C)CO)C/C=C(/C(=C/C=N)Nc2cccc(C)n2)\C=C\1. The van der Waals surface area contributed by atoms with E-state index in [1.807, 2.05) is 50.3 Å². The average Bonchev–Trinajstić information content (AvgIpc) is 2.78. The summed E-state index contributed by atoms with van der Waals surface area (Å²) < 4.78 is 0. The summed E-state index contributed by atoms with van der Waals surface area (Å²) in [6.45, 7) is 5.35. The molecule has 1 aromatic heterocycles. The summed E-state index contributed by atoms with van der Waals surface area (Å²) in [6.07, 6.45) is 10.4. The molecule has 1 amide bonds. The molecule has 1 atom stereocenters. The zero-order valence-electron chi connectivity index (χ0n) is 16.9. The normalized spacial score (nSPS) is 22.2. The molecule has 2 rings (SSSR count). The lowest BCUT2D eigenvalue weighted by atomic mass is 10.1. The zero-order valence-corrected chi connectivity index (χ0v) is 16.9. The largest absolute Gasteiger partial charge is 0.394 e. The molecule has 0 fully saturated rings. The highest BCUT2D eigenvalue weighted by molar-refractivity contribution is 5.97. The number of aliphatic hydroxyl groups is 1. The maximum absolute atomic E-state index is 12.5. The lowest BCUT2D eigenvalue weighted by Gasteiger charge is -2.13. The summed E-state index contributed by atoms with van der Waals surface area (Å²) in [5.74, 6) is 0.398. The first-order chi connectivity index (χ1) is 13.9. The fourth-order valence-electron chi connectivity index (χ4n) is 2.53. The van der Waals surface area contributed by atoms with Crippen molar-refractivity contribution in [3.05, 3.63) is 71.2 Å². The molecular weight excluding hydrogens is 366 g/mol. The third-order valence-electron chi connectivity index (χ3n) is 4.13. The predicted octanol–water partition coefficient (Wildman–Crippen LogP) is 3.06. The van der Waals surface area contributed by atoms with Crippen molar-refractivity contribution in [3.63, 3.8) is 0 Å². The highest BCUT2D eigenvalue weighted by Crippen LogP contribution is 2.19. The van der Waals surface area contributed by atoms with Crippen molar-refractivity contribution in [3.8, 4) is 0 Å². The van der Waals surface area contributed by atoms with E-state index >= 15 is 0 Å². The summed E-state index contributed by atoms with van der Waals surface area (Å²) in [5.41, 5.74) is 3.59. The van der Waals surface area contributed by atoms with Crippen LogP contribution in [0.5, 0.6) is 0 Å². The molecule has 0 bridgehead atoms. The summed E-state index contributed by atoms with van der Waals surface area (Å²) >= 11 is 0. The minimum Gasteiger partial charge on any atom is -0.394 e. The molecule has 0 saturated heterocycles. The van der Waals surface area contributed by atoms with E-state index in [1.54, 1.807) is 19.2 Å². The van der Waals surface area contributed by atoms with Gasteiger partial charge < -0.3 is 21.1 Å². The molecule has 1 unspecified atom stereocenters. The van der Waals surface area contributed by atoms with Crippen LogP contribution in [0.15, 0.2) is 70.5 Å². The van der Waals surface area contributed by atoms with Crippen LogP contribution in [0.25, 0.3) is 0 Å². The van der Waals surface area contributed by atoms with Gasteiger partial charge >= 0.3 is 0 Å². The monoisotopic (exact) mass is 393 g/mol. The number of carbonyl (C=O) groups excluding carboxylic acids is 1. The number of nitrogens with zero attached hydrogens (tertiary/aromatic N) is 2. The second-order valence-corrected chi connectivity index (χ2v) is 6.72. The van der Waals surface area contributed by atoms with Crippen LogP contribution in [0, 0.1) is 12.3 Å². The minimum absolute atomic E-state index is 0.135. The van der Waals surface area contributed by atoms with Gasteiger partial charge in [-0.3, -0.25) is 9.79 Å². The van der Waals surface area contributed by atoms with E-state index in [9.17, 15) is 9.90 Å². The lowest BCUT2D eigenvalue weighted by Crippen LogP contribution is -2.35. The van der Waals surface area contributed by atoms with Gasteiger partial charge in [-0.05, 0) is 57.0 Å². The third kappa shape index (κ3) is 6.97. The standard InChI is InChI=1S/C22H27N5O2/c1-15-7-8-18(9-10-19(13-24-15)22(29)26-17(3)14-28)20(11-12-23)27-21-6-4-5-16(2)25-21/h4-9,11-13,17,23,28H,10,14H2,1-3H3,(H,25,27)(H,26,29)/b8-7+,18-9+,19-13+,20-11-,23-12?,24-15+. The first-order valence-corrected chi connectivity index (χ1v) is 9.38. The molecule has 7 heteroatoms. The maximum Gasteiger partial charge on any atom is 0.249 e. The summed E-state index contributed by atoms with van der Waals surface area (Å²) in [5, 5.41) is 22.7. The lowest BCUT2D eigenvalue weighted by molar-refractivity contribution is -0.118. The zero-order chi connectivity index (χ0) is 21.2. The van der Waals surface area contributed by atoms with Crippen LogP contribution >= 0.6 is 0 Å². The maximum atomic E-state index is 12.5. The van der Waals surface area contributed by atoms with Gasteiger partial charge in [0.25, 0.3) is 0 Å². The van der Waals surface area contributed by atoms with Gasteiger partial charge in [0.15, 0.2) is 0 Å². The highest BCUT2D eigenvalue weighted by Gasteiger charge is 2.13. The fourth-order valence-corrected chi connectivity index (χ4v) is 2.53. The van der Waals surface area contributed by atoms with E-state index in [0.29, 0.717) is 23.5 Å². The first-order valence-electron chi connectivity index (χ1n) is 9.38. The minimum atomic E-state index is -0.342. The number of anilines is 1. The molecule has 1 aromatic rings. The van der Waals surface area contributed by atoms with Gasteiger partial charge in [0.1, 0.15) is 5.82 Å². The molecule has 0 saturated carbocycles. The Morgan fingerprint density at radius 2 is 2.14 bits per heavy atom. The van der Waals surface area contributed by atoms with Gasteiger partial charge in [0.2, 0.25) is 5.91 Å². The Kier molecular flexibility index (Phi) is 8.24. The third-order valence-corrected chi connectivity index (χ3v) is 4.13. The Morgan fingerprint density at radius 1 is 1.34 bits per heavy atom. The Bertz CT molecular complexity index is 910. The molecule has 0 aliphatic carbocycles. The van der Waals surface area contributed by atoms with Crippen molar-refractivity contribution < 1.29 is 9.90 Å². The molecule has 4 N–H and O–H groups in total. The topological polar surface area (TPSA) is 110 Å². The van der Waals surface area contributed by atoms with Crippen molar-refractivity contribution >= 4 is 23.7 Å². The van der Waals surface area contributed by atoms with Gasteiger partial charge in [-0.25, -0.2) is 4.98 Å². The van der Waals surface area contributed by atoms with Gasteiger partial charge in [-0.2, -0.15) is 0 Å². The number of aromatic nitrogens is 1. The summed E-state index contributed by atoms with van der Waals surface area (Å²) in [6, 6.07) is 5.33. The van der Waals surface area contributed by atoms with Crippen molar-refractivity contribution in [1.82, 2.24) is 10.3 Å². The number of hydrogen-bond acceptors (Lipinski definition) is 6. The fraction of sp³-hybridized carbons (Fsp3) is 0.273. The van der Waals surface area contributed by atoms with Gasteiger partial charge in [-0.15, -0.1) is 0 Å². The van der Waals surface area contributed by atoms with E-state index in [4.69, 9.17) is 5.41 Å². The van der Waals surface area contributed by atoms with Gasteiger partial charge in [-0.1, -0.05) is 18.2 Å². The van der Waals surface area contributed by atoms with Crippen LogP contribution in [0.2, 0.25) is 0 Å². The Morgan fingerprint density at radius 3 is 2.83 bits per heavy atom. The average molecular weight is 393 g/mol. The number of carbonyl (C=O) groups is 1. The van der Waals surface area contributed by atoms with Crippen LogP contribution in [0.1, 0.15) is 26.0 Å². The van der Waals surface area contributed by atoms with Crippen molar-refractivity contribution in [2.75, 3.05) is 11.9 Å². The number of amides is 1. The van der Waals surface area contributed by atoms with Crippen LogP contribution in [0.3, 0.4) is 0 Å². The molecular formula is C22H27N5O2. The van der Waals surface area contributed by atoms with E-state index in [-0.39, 0.29) is 18.6 Å². The molecule has 0 radical (unpaired) electrons. The molecule has 0 aromatic carbocycles. The number of nitrogens with one attached hydrogen (secondary N) is 3. The molecule has 0 spiro atoms. The molecule has 152 valence electrons. The Labute approximate surface area is 171 Å². The molecule has 29 heavy (non-hydrogen) atoms. The summed E-state index contributed by atoms with van der Waals surface area (Å²) in [4.78, 5) is 21.3. The van der Waals surface area contributed by atoms with Crippen LogP contribution in [-0.2, 0) is 4.79 Å². The second-order valence-electron chi connectivity index (χ2n) is 6.72. The number of aliphatic hydroxyl groups excluding tert-OH is 1. The number of aliphatic imine (C=N–C) groups is 1. The first kappa shape index (κ1) is 22.0. The highest BCUT2D eigenvalue weighted by atomic mass is 16.3. The van der Waals surface area contributed by atoms with Crippen LogP contribution in [0.4, 0.5) is 5.82 Å². The second kappa shape index (κ2) is 10.9. The van der Waals surface area contributed by atoms with Gasteiger partial charge in [0, 0.05) is 41.1 Å². The number of hydrogen-bond donors (Lipinski definition) is 4. The Hall–Kier alpha value is -3.32. The smallest absolute Gasteiger partial charge is 0.249 e. The van der Waals surface area contributed by atoms with Crippen molar-refractivity contribution in [2.24, 2.45) is 4.99 Å². The van der Waals surface area contributed by atoms with E-state index in [2.05, 4.69) is 20.6 Å². The number of aryl methyl sites for hydroxylation is 1. The van der Waals surface area contributed by atoms with Crippen LogP contribution in [-0.4, -0.2) is 40.6 Å². The Balaban J connectivity index is 2.33. The quantitative estimate of drug-likeness (QED) is 0.534. The van der Waals surface area contributed by atoms with Crippen LogP contribution < -0.4 is 10.6 Å². The predicted molar refractivity (Wildman–Crippen MR) is 117 cm³/mol. The van der Waals surface area contributed by atoms with E-state index in [1.165, 1.54) is 6.21 Å². The molecule has 1 aliphatic heterocycles. The molecule has 2 heterocycles. The van der Waals surface area contributed by atoms with Crippen molar-refractivity contribution in [1.29, 1.82) is 5.41 Å². The number of pyridine rings is 1. The number of allylic oxidation sites excluding steroid dienone is 4.